The molecule has 2 aromatic carbocycles. The van der Waals surface area contributed by atoms with Crippen LogP contribution in [-0.4, -0.2) is 5.11 Å². The SMILES string of the molecule is Cc1ccc(Cl)c(Oc2ccc(F)cc2C(C)O)c1. The minimum atomic E-state index is -0.825. The van der Waals surface area contributed by atoms with Gasteiger partial charge in [-0.25, -0.2) is 4.39 Å². The molecule has 4 heteroatoms. The van der Waals surface area contributed by atoms with Gasteiger partial charge in [0.05, 0.1) is 11.1 Å². The Morgan fingerprint density at radius 1 is 1.16 bits per heavy atom. The number of aliphatic hydroxyl groups is 1. The van der Waals surface area contributed by atoms with Crippen molar-refractivity contribution in [2.75, 3.05) is 0 Å². The van der Waals surface area contributed by atoms with Gasteiger partial charge in [0.15, 0.2) is 0 Å². The van der Waals surface area contributed by atoms with E-state index in [0.717, 1.165) is 5.56 Å². The highest BCUT2D eigenvalue weighted by molar-refractivity contribution is 6.32. The Balaban J connectivity index is 2.40. The van der Waals surface area contributed by atoms with Crippen LogP contribution in [-0.2, 0) is 0 Å². The summed E-state index contributed by atoms with van der Waals surface area (Å²) < 4.78 is 18.9. The van der Waals surface area contributed by atoms with E-state index in [1.54, 1.807) is 19.1 Å². The molecule has 0 aliphatic rings. The number of aryl methyl sites for hydroxylation is 1. The number of hydrogen-bond donors (Lipinski definition) is 1. The van der Waals surface area contributed by atoms with Crippen LogP contribution in [0.1, 0.15) is 24.2 Å². The summed E-state index contributed by atoms with van der Waals surface area (Å²) in [6.07, 6.45) is -0.825. The summed E-state index contributed by atoms with van der Waals surface area (Å²) in [5.41, 5.74) is 1.39. The molecule has 0 heterocycles. The highest BCUT2D eigenvalue weighted by atomic mass is 35.5. The van der Waals surface area contributed by atoms with Crippen LogP contribution in [0, 0.1) is 12.7 Å². The first-order chi connectivity index (χ1) is 8.97. The molecule has 2 rings (SSSR count). The van der Waals surface area contributed by atoms with Gasteiger partial charge in [-0.3, -0.25) is 0 Å². The molecule has 0 radical (unpaired) electrons. The van der Waals surface area contributed by atoms with Gasteiger partial charge >= 0.3 is 0 Å². The van der Waals surface area contributed by atoms with Gasteiger partial charge in [0.25, 0.3) is 0 Å². The number of halogens is 2. The number of hydrogen-bond acceptors (Lipinski definition) is 2. The third-order valence-corrected chi connectivity index (χ3v) is 3.04. The molecular weight excluding hydrogens is 267 g/mol. The maximum atomic E-state index is 13.2. The molecular formula is C15H14ClFO2. The molecule has 0 spiro atoms. The third kappa shape index (κ3) is 3.25. The van der Waals surface area contributed by atoms with E-state index in [4.69, 9.17) is 16.3 Å². The van der Waals surface area contributed by atoms with Gasteiger partial charge in [-0.15, -0.1) is 0 Å². The van der Waals surface area contributed by atoms with Crippen LogP contribution in [0.4, 0.5) is 4.39 Å². The van der Waals surface area contributed by atoms with E-state index in [1.165, 1.54) is 18.2 Å². The average Bonchev–Trinajstić information content (AvgIpc) is 2.35. The molecule has 1 unspecified atom stereocenters. The Labute approximate surface area is 116 Å². The highest BCUT2D eigenvalue weighted by Crippen LogP contribution is 2.34. The Hall–Kier alpha value is -1.58. The summed E-state index contributed by atoms with van der Waals surface area (Å²) in [5, 5.41) is 10.1. The largest absolute Gasteiger partial charge is 0.455 e. The van der Waals surface area contributed by atoms with Crippen LogP contribution in [0.2, 0.25) is 5.02 Å². The third-order valence-electron chi connectivity index (χ3n) is 2.73. The molecule has 100 valence electrons. The maximum Gasteiger partial charge on any atom is 0.146 e. The van der Waals surface area contributed by atoms with E-state index in [9.17, 15) is 9.50 Å². The molecule has 0 fully saturated rings. The Bertz CT molecular complexity index is 597. The Kier molecular flexibility index (Phi) is 4.08. The first-order valence-electron chi connectivity index (χ1n) is 5.89. The predicted octanol–water partition coefficient (Wildman–Crippen LogP) is 4.63. The summed E-state index contributed by atoms with van der Waals surface area (Å²) in [4.78, 5) is 0. The van der Waals surface area contributed by atoms with E-state index >= 15 is 0 Å². The van der Waals surface area contributed by atoms with Crippen molar-refractivity contribution >= 4 is 11.6 Å². The summed E-state index contributed by atoms with van der Waals surface area (Å²) in [7, 11) is 0. The zero-order valence-electron chi connectivity index (χ0n) is 10.7. The monoisotopic (exact) mass is 280 g/mol. The van der Waals surface area contributed by atoms with Crippen LogP contribution in [0.25, 0.3) is 0 Å². The number of rotatable bonds is 3. The number of aliphatic hydroxyl groups excluding tert-OH is 1. The zero-order chi connectivity index (χ0) is 14.0. The van der Waals surface area contributed by atoms with Crippen molar-refractivity contribution in [2.45, 2.75) is 20.0 Å². The first kappa shape index (κ1) is 13.8. The molecule has 0 bridgehead atoms. The smallest absolute Gasteiger partial charge is 0.146 e. The molecule has 2 aromatic rings. The lowest BCUT2D eigenvalue weighted by Gasteiger charge is -2.14. The average molecular weight is 281 g/mol. The lowest BCUT2D eigenvalue weighted by atomic mass is 10.1. The molecule has 0 aliphatic heterocycles. The van der Waals surface area contributed by atoms with Gasteiger partial charge in [0, 0.05) is 5.56 Å². The summed E-state index contributed by atoms with van der Waals surface area (Å²) >= 11 is 6.05. The van der Waals surface area contributed by atoms with Crippen molar-refractivity contribution in [2.24, 2.45) is 0 Å². The normalized spacial score (nSPS) is 12.3. The highest BCUT2D eigenvalue weighted by Gasteiger charge is 2.13. The van der Waals surface area contributed by atoms with Crippen molar-refractivity contribution in [1.29, 1.82) is 0 Å². The van der Waals surface area contributed by atoms with Crippen LogP contribution in [0.3, 0.4) is 0 Å². The molecule has 0 saturated heterocycles. The lowest BCUT2D eigenvalue weighted by Crippen LogP contribution is -1.97. The lowest BCUT2D eigenvalue weighted by molar-refractivity contribution is 0.195. The van der Waals surface area contributed by atoms with Gasteiger partial charge in [0.2, 0.25) is 0 Å². The van der Waals surface area contributed by atoms with E-state index in [-0.39, 0.29) is 0 Å². The molecule has 1 atom stereocenters. The summed E-state index contributed by atoms with van der Waals surface area (Å²) in [5.74, 6) is 0.456. The van der Waals surface area contributed by atoms with Crippen molar-refractivity contribution in [3.05, 3.63) is 58.4 Å². The quantitative estimate of drug-likeness (QED) is 0.888. The maximum absolute atomic E-state index is 13.2. The van der Waals surface area contributed by atoms with E-state index in [1.807, 2.05) is 13.0 Å². The van der Waals surface area contributed by atoms with E-state index < -0.39 is 11.9 Å². The molecule has 0 amide bonds. The minimum Gasteiger partial charge on any atom is -0.455 e. The van der Waals surface area contributed by atoms with Crippen molar-refractivity contribution in [1.82, 2.24) is 0 Å². The fourth-order valence-corrected chi connectivity index (χ4v) is 1.90. The fraction of sp³-hybridized carbons (Fsp3) is 0.200. The van der Waals surface area contributed by atoms with Crippen molar-refractivity contribution in [3.63, 3.8) is 0 Å². The molecule has 19 heavy (non-hydrogen) atoms. The first-order valence-corrected chi connectivity index (χ1v) is 6.26. The van der Waals surface area contributed by atoms with Crippen LogP contribution in [0.5, 0.6) is 11.5 Å². The van der Waals surface area contributed by atoms with Crippen molar-refractivity contribution < 1.29 is 14.2 Å². The van der Waals surface area contributed by atoms with Crippen LogP contribution in [0.15, 0.2) is 36.4 Å². The molecule has 0 aromatic heterocycles. The second-order valence-corrected chi connectivity index (χ2v) is 4.80. The predicted molar refractivity (Wildman–Crippen MR) is 73.3 cm³/mol. The Morgan fingerprint density at radius 2 is 1.89 bits per heavy atom. The minimum absolute atomic E-state index is 0.387. The number of benzene rings is 2. The Morgan fingerprint density at radius 3 is 2.58 bits per heavy atom. The van der Waals surface area contributed by atoms with Gasteiger partial charge in [-0.05, 0) is 49.7 Å². The molecule has 0 saturated carbocycles. The topological polar surface area (TPSA) is 29.5 Å². The van der Waals surface area contributed by atoms with Crippen LogP contribution >= 0.6 is 11.6 Å². The molecule has 1 N–H and O–H groups in total. The standard InChI is InChI=1S/C15H14ClFO2/c1-9-3-5-13(16)15(7-9)19-14-6-4-11(17)8-12(14)10(2)18/h3-8,10,18H,1-2H3. The van der Waals surface area contributed by atoms with Gasteiger partial charge < -0.3 is 9.84 Å². The number of ether oxygens (including phenoxy) is 1. The van der Waals surface area contributed by atoms with Gasteiger partial charge in [-0.1, -0.05) is 17.7 Å². The second kappa shape index (κ2) is 5.59. The van der Waals surface area contributed by atoms with Crippen LogP contribution < -0.4 is 4.74 Å². The summed E-state index contributed by atoms with van der Waals surface area (Å²) in [6, 6.07) is 9.41. The molecule has 2 nitrogen and oxygen atoms in total. The second-order valence-electron chi connectivity index (χ2n) is 4.39. The summed E-state index contributed by atoms with van der Waals surface area (Å²) in [6.45, 7) is 3.48. The van der Waals surface area contributed by atoms with E-state index in [2.05, 4.69) is 0 Å². The fourth-order valence-electron chi connectivity index (χ4n) is 1.75. The van der Waals surface area contributed by atoms with Gasteiger partial charge in [-0.2, -0.15) is 0 Å². The van der Waals surface area contributed by atoms with Crippen molar-refractivity contribution in [3.8, 4) is 11.5 Å². The van der Waals surface area contributed by atoms with Gasteiger partial charge in [0.1, 0.15) is 17.3 Å². The zero-order valence-corrected chi connectivity index (χ0v) is 11.4. The molecule has 0 aliphatic carbocycles. The van der Waals surface area contributed by atoms with E-state index in [0.29, 0.717) is 22.1 Å².